The molecule has 0 radical (unpaired) electrons. The molecule has 3 heteroatoms. The van der Waals surface area contributed by atoms with E-state index in [1.54, 1.807) is 12.3 Å². The highest BCUT2D eigenvalue weighted by Crippen LogP contribution is 2.29. The van der Waals surface area contributed by atoms with Gasteiger partial charge in [0.15, 0.2) is 0 Å². The monoisotopic (exact) mass is 280 g/mol. The third kappa shape index (κ3) is 2.72. The predicted octanol–water partition coefficient (Wildman–Crippen LogP) is 4.94. The third-order valence-corrected chi connectivity index (χ3v) is 3.70. The van der Waals surface area contributed by atoms with Crippen molar-refractivity contribution in [2.75, 3.05) is 5.32 Å². The summed E-state index contributed by atoms with van der Waals surface area (Å²) < 4.78 is 14.0. The second-order valence-electron chi connectivity index (χ2n) is 5.03. The number of nitrogens with zero attached hydrogens (tertiary/aromatic N) is 1. The smallest absolute Gasteiger partial charge is 0.128 e. The lowest BCUT2D eigenvalue weighted by atomic mass is 10.0. The lowest BCUT2D eigenvalue weighted by Crippen LogP contribution is -2.11. The van der Waals surface area contributed by atoms with Gasteiger partial charge in [-0.05, 0) is 30.0 Å². The molecule has 2 nitrogen and oxygen atoms in total. The van der Waals surface area contributed by atoms with Gasteiger partial charge in [-0.15, -0.1) is 0 Å². The lowest BCUT2D eigenvalue weighted by Gasteiger charge is -2.20. The molecule has 1 atom stereocenters. The van der Waals surface area contributed by atoms with E-state index < -0.39 is 0 Å². The maximum atomic E-state index is 14.0. The summed E-state index contributed by atoms with van der Waals surface area (Å²) in [6.07, 6.45) is 4.42. The van der Waals surface area contributed by atoms with Crippen molar-refractivity contribution in [3.05, 3.63) is 72.3 Å². The molecule has 1 unspecified atom stereocenters. The number of pyridine rings is 1. The average Bonchev–Trinajstić information content (AvgIpc) is 2.53. The van der Waals surface area contributed by atoms with Crippen LogP contribution in [0.4, 0.5) is 10.1 Å². The summed E-state index contributed by atoms with van der Waals surface area (Å²) in [6, 6.07) is 14.9. The highest BCUT2D eigenvalue weighted by molar-refractivity contribution is 5.93. The van der Waals surface area contributed by atoms with Gasteiger partial charge in [-0.3, -0.25) is 4.98 Å². The summed E-state index contributed by atoms with van der Waals surface area (Å²) in [6.45, 7) is 2.05. The minimum Gasteiger partial charge on any atom is -0.378 e. The van der Waals surface area contributed by atoms with Gasteiger partial charge in [0.25, 0.3) is 0 Å². The van der Waals surface area contributed by atoms with Crippen LogP contribution < -0.4 is 5.32 Å². The molecule has 0 bridgehead atoms. The van der Waals surface area contributed by atoms with Gasteiger partial charge < -0.3 is 5.32 Å². The minimum atomic E-state index is -0.171. The van der Waals surface area contributed by atoms with Crippen molar-refractivity contribution in [1.29, 1.82) is 0 Å². The van der Waals surface area contributed by atoms with Gasteiger partial charge in [0.05, 0.1) is 6.04 Å². The highest BCUT2D eigenvalue weighted by Gasteiger charge is 2.14. The molecule has 3 rings (SSSR count). The van der Waals surface area contributed by atoms with E-state index in [4.69, 9.17) is 0 Å². The first kappa shape index (κ1) is 13.6. The maximum absolute atomic E-state index is 14.0. The summed E-state index contributed by atoms with van der Waals surface area (Å²) in [5, 5.41) is 5.62. The molecule has 1 N–H and O–H groups in total. The quantitative estimate of drug-likeness (QED) is 0.732. The molecule has 0 saturated heterocycles. The fourth-order valence-electron chi connectivity index (χ4n) is 2.58. The SMILES string of the molecule is CCC(Nc1cccc2ccncc12)c1ccccc1F. The van der Waals surface area contributed by atoms with Crippen molar-refractivity contribution in [3.8, 4) is 0 Å². The molecule has 0 saturated carbocycles. The Hall–Kier alpha value is -2.42. The van der Waals surface area contributed by atoms with Crippen LogP contribution in [0, 0.1) is 5.82 Å². The van der Waals surface area contributed by atoms with Gasteiger partial charge in [0.1, 0.15) is 5.82 Å². The van der Waals surface area contributed by atoms with Crippen molar-refractivity contribution in [1.82, 2.24) is 4.98 Å². The van der Waals surface area contributed by atoms with E-state index in [0.717, 1.165) is 22.9 Å². The number of fused-ring (bicyclic) bond motifs is 1. The maximum Gasteiger partial charge on any atom is 0.128 e. The number of hydrogen-bond acceptors (Lipinski definition) is 2. The Balaban J connectivity index is 1.98. The Bertz CT molecular complexity index is 750. The second kappa shape index (κ2) is 5.92. The molecule has 0 aliphatic rings. The molecule has 1 aromatic heterocycles. The molecule has 0 amide bonds. The molecule has 3 aromatic rings. The first-order valence-electron chi connectivity index (χ1n) is 7.13. The van der Waals surface area contributed by atoms with Crippen molar-refractivity contribution in [2.45, 2.75) is 19.4 Å². The van der Waals surface area contributed by atoms with Crippen LogP contribution in [-0.2, 0) is 0 Å². The number of rotatable bonds is 4. The van der Waals surface area contributed by atoms with E-state index >= 15 is 0 Å². The molecular formula is C18H17FN2. The van der Waals surface area contributed by atoms with E-state index in [9.17, 15) is 4.39 Å². The first-order chi connectivity index (χ1) is 10.3. The molecule has 21 heavy (non-hydrogen) atoms. The molecule has 0 aliphatic carbocycles. The fraction of sp³-hybridized carbons (Fsp3) is 0.167. The van der Waals surface area contributed by atoms with E-state index in [-0.39, 0.29) is 11.9 Å². The number of anilines is 1. The minimum absolute atomic E-state index is 0.0583. The van der Waals surface area contributed by atoms with Crippen molar-refractivity contribution in [2.24, 2.45) is 0 Å². The van der Waals surface area contributed by atoms with Crippen LogP contribution in [-0.4, -0.2) is 4.98 Å². The average molecular weight is 280 g/mol. The standard InChI is InChI=1S/C18H17FN2/c1-2-17(14-7-3-4-8-16(14)19)21-18-9-5-6-13-10-11-20-12-15(13)18/h3-12,17,21H,2H2,1H3. The van der Waals surface area contributed by atoms with Crippen LogP contribution in [0.1, 0.15) is 24.9 Å². The predicted molar refractivity (Wildman–Crippen MR) is 84.8 cm³/mol. The zero-order valence-electron chi connectivity index (χ0n) is 11.9. The van der Waals surface area contributed by atoms with Gasteiger partial charge in [0.2, 0.25) is 0 Å². The number of halogens is 1. The lowest BCUT2D eigenvalue weighted by molar-refractivity contribution is 0.587. The van der Waals surface area contributed by atoms with Gasteiger partial charge in [-0.25, -0.2) is 4.39 Å². The second-order valence-corrected chi connectivity index (χ2v) is 5.03. The molecule has 2 aromatic carbocycles. The van der Waals surface area contributed by atoms with E-state index in [2.05, 4.69) is 10.3 Å². The van der Waals surface area contributed by atoms with Crippen molar-refractivity contribution < 1.29 is 4.39 Å². The van der Waals surface area contributed by atoms with Crippen LogP contribution in [0.25, 0.3) is 10.8 Å². The summed E-state index contributed by atoms with van der Waals surface area (Å²) in [7, 11) is 0. The molecule has 0 fully saturated rings. The topological polar surface area (TPSA) is 24.9 Å². The number of nitrogens with one attached hydrogen (secondary N) is 1. The Morgan fingerprint density at radius 3 is 2.76 bits per heavy atom. The van der Waals surface area contributed by atoms with Crippen LogP contribution in [0.15, 0.2) is 60.9 Å². The molecule has 106 valence electrons. The largest absolute Gasteiger partial charge is 0.378 e. The molecular weight excluding hydrogens is 263 g/mol. The van der Waals surface area contributed by atoms with E-state index in [1.165, 1.54) is 6.07 Å². The Labute approximate surface area is 123 Å². The summed E-state index contributed by atoms with van der Waals surface area (Å²) in [5.74, 6) is -0.171. The molecule has 1 heterocycles. The van der Waals surface area contributed by atoms with Gasteiger partial charge in [-0.1, -0.05) is 37.3 Å². The Morgan fingerprint density at radius 2 is 1.95 bits per heavy atom. The fourth-order valence-corrected chi connectivity index (χ4v) is 2.58. The Morgan fingerprint density at radius 1 is 1.10 bits per heavy atom. The van der Waals surface area contributed by atoms with Gasteiger partial charge in [0, 0.05) is 29.0 Å². The zero-order chi connectivity index (χ0) is 14.7. The van der Waals surface area contributed by atoms with Crippen molar-refractivity contribution >= 4 is 16.5 Å². The first-order valence-corrected chi connectivity index (χ1v) is 7.13. The van der Waals surface area contributed by atoms with Crippen LogP contribution >= 0.6 is 0 Å². The van der Waals surface area contributed by atoms with Crippen LogP contribution in [0.5, 0.6) is 0 Å². The summed E-state index contributed by atoms with van der Waals surface area (Å²) in [4.78, 5) is 4.18. The summed E-state index contributed by atoms with van der Waals surface area (Å²) in [5.41, 5.74) is 1.68. The van der Waals surface area contributed by atoms with E-state index in [0.29, 0.717) is 5.56 Å². The highest BCUT2D eigenvalue weighted by atomic mass is 19.1. The van der Waals surface area contributed by atoms with Gasteiger partial charge in [-0.2, -0.15) is 0 Å². The zero-order valence-corrected chi connectivity index (χ0v) is 11.9. The summed E-state index contributed by atoms with van der Waals surface area (Å²) >= 11 is 0. The number of benzene rings is 2. The molecule has 0 aliphatic heterocycles. The van der Waals surface area contributed by atoms with Gasteiger partial charge >= 0.3 is 0 Å². The van der Waals surface area contributed by atoms with Crippen molar-refractivity contribution in [3.63, 3.8) is 0 Å². The van der Waals surface area contributed by atoms with Crippen LogP contribution in [0.2, 0.25) is 0 Å². The Kier molecular flexibility index (Phi) is 3.82. The third-order valence-electron chi connectivity index (χ3n) is 3.70. The van der Waals surface area contributed by atoms with E-state index in [1.807, 2.05) is 49.5 Å². The normalized spacial score (nSPS) is 12.3. The number of aromatic nitrogens is 1. The number of hydrogen-bond donors (Lipinski definition) is 1. The molecule has 0 spiro atoms. The van der Waals surface area contributed by atoms with Crippen LogP contribution in [0.3, 0.4) is 0 Å².